The van der Waals surface area contributed by atoms with Crippen molar-refractivity contribution in [1.82, 2.24) is 9.97 Å². The highest BCUT2D eigenvalue weighted by molar-refractivity contribution is 6.35. The van der Waals surface area contributed by atoms with Gasteiger partial charge in [0.15, 0.2) is 17.3 Å². The summed E-state index contributed by atoms with van der Waals surface area (Å²) in [6.45, 7) is 1.96. The lowest BCUT2D eigenvalue weighted by Crippen LogP contribution is -2.12. The molecule has 0 amide bonds. The van der Waals surface area contributed by atoms with E-state index in [4.69, 9.17) is 22.1 Å². The number of halogens is 3. The van der Waals surface area contributed by atoms with Crippen molar-refractivity contribution >= 4 is 34.2 Å². The van der Waals surface area contributed by atoms with Gasteiger partial charge in [0, 0.05) is 17.1 Å². The van der Waals surface area contributed by atoms with Crippen LogP contribution in [0.25, 0.3) is 22.2 Å². The number of rotatable bonds is 4. The Balaban J connectivity index is 2.19. The first-order chi connectivity index (χ1) is 12.0. The van der Waals surface area contributed by atoms with Crippen molar-refractivity contribution in [3.05, 3.63) is 46.7 Å². The van der Waals surface area contributed by atoms with E-state index in [2.05, 4.69) is 9.97 Å². The Morgan fingerprint density at radius 3 is 2.80 bits per heavy atom. The summed E-state index contributed by atoms with van der Waals surface area (Å²) in [5.74, 6) is -2.55. The standard InChI is InChI=1S/C17H14ClF2N3O2/c1-2-7-25-17(24)16-10(18)13(21)12(20)15(23-16)9-4-3-8-5-6-22-14(8)11(9)19/h3-6,22H,2,7H2,1H3,(H2,21,23). The third kappa shape index (κ3) is 2.91. The van der Waals surface area contributed by atoms with Crippen LogP contribution in [0, 0.1) is 11.6 Å². The molecule has 3 N–H and O–H groups in total. The number of carbonyl (C=O) groups is 1. The number of pyridine rings is 1. The molecule has 0 radical (unpaired) electrons. The predicted molar refractivity (Wildman–Crippen MR) is 91.4 cm³/mol. The zero-order valence-corrected chi connectivity index (χ0v) is 14.0. The lowest BCUT2D eigenvalue weighted by molar-refractivity contribution is 0.0498. The summed E-state index contributed by atoms with van der Waals surface area (Å²) in [4.78, 5) is 18.7. The van der Waals surface area contributed by atoms with Gasteiger partial charge in [0.1, 0.15) is 5.69 Å². The summed E-state index contributed by atoms with van der Waals surface area (Å²) in [7, 11) is 0. The van der Waals surface area contributed by atoms with Crippen LogP contribution in [0.5, 0.6) is 0 Å². The van der Waals surface area contributed by atoms with Crippen LogP contribution < -0.4 is 5.73 Å². The van der Waals surface area contributed by atoms with Gasteiger partial charge in [-0.15, -0.1) is 0 Å². The Hall–Kier alpha value is -2.67. The van der Waals surface area contributed by atoms with Crippen LogP contribution in [0.2, 0.25) is 5.02 Å². The number of aromatic amines is 1. The smallest absolute Gasteiger partial charge is 0.358 e. The van der Waals surface area contributed by atoms with Crippen LogP contribution in [0.4, 0.5) is 14.5 Å². The number of carbonyl (C=O) groups excluding carboxylic acids is 1. The van der Waals surface area contributed by atoms with E-state index < -0.39 is 29.0 Å². The molecule has 5 nitrogen and oxygen atoms in total. The van der Waals surface area contributed by atoms with Crippen molar-refractivity contribution in [2.24, 2.45) is 0 Å². The van der Waals surface area contributed by atoms with Gasteiger partial charge in [-0.3, -0.25) is 0 Å². The monoisotopic (exact) mass is 365 g/mol. The number of nitrogen functional groups attached to an aromatic ring is 1. The average Bonchev–Trinajstić information content (AvgIpc) is 3.08. The molecule has 2 aromatic heterocycles. The number of H-pyrrole nitrogens is 1. The fourth-order valence-corrected chi connectivity index (χ4v) is 2.61. The van der Waals surface area contributed by atoms with E-state index in [-0.39, 0.29) is 28.4 Å². The Bertz CT molecular complexity index is 972. The molecule has 0 saturated carbocycles. The molecular weight excluding hydrogens is 352 g/mol. The summed E-state index contributed by atoms with van der Waals surface area (Å²) >= 11 is 5.92. The van der Waals surface area contributed by atoms with Crippen LogP contribution in [0.3, 0.4) is 0 Å². The minimum absolute atomic E-state index is 0.139. The van der Waals surface area contributed by atoms with Crippen molar-refractivity contribution in [3.8, 4) is 11.3 Å². The maximum atomic E-state index is 14.7. The number of nitrogens with one attached hydrogen (secondary N) is 1. The van der Waals surface area contributed by atoms with Gasteiger partial charge >= 0.3 is 5.97 Å². The number of nitrogens with two attached hydrogens (primary N) is 1. The van der Waals surface area contributed by atoms with E-state index in [9.17, 15) is 13.6 Å². The largest absolute Gasteiger partial charge is 0.461 e. The van der Waals surface area contributed by atoms with Gasteiger partial charge in [-0.1, -0.05) is 24.6 Å². The van der Waals surface area contributed by atoms with Gasteiger partial charge in [0.25, 0.3) is 0 Å². The zero-order chi connectivity index (χ0) is 18.1. The Kier molecular flexibility index (Phi) is 4.59. The number of ether oxygens (including phenoxy) is 1. The average molecular weight is 366 g/mol. The highest BCUT2D eigenvalue weighted by Crippen LogP contribution is 2.35. The van der Waals surface area contributed by atoms with Crippen LogP contribution in [0.15, 0.2) is 24.4 Å². The number of nitrogens with zero attached hydrogens (tertiary/aromatic N) is 1. The quantitative estimate of drug-likeness (QED) is 0.675. The lowest BCUT2D eigenvalue weighted by Gasteiger charge is -2.12. The van der Waals surface area contributed by atoms with Crippen LogP contribution in [0.1, 0.15) is 23.8 Å². The highest BCUT2D eigenvalue weighted by atomic mass is 35.5. The molecule has 0 bridgehead atoms. The van der Waals surface area contributed by atoms with E-state index in [1.54, 1.807) is 18.3 Å². The van der Waals surface area contributed by atoms with Gasteiger partial charge in [-0.25, -0.2) is 18.6 Å². The number of aromatic nitrogens is 2. The molecule has 0 spiro atoms. The SMILES string of the molecule is CCCOC(=O)c1nc(-c2ccc3cc[nH]c3c2F)c(F)c(N)c1Cl. The number of esters is 1. The molecule has 0 unspecified atom stereocenters. The summed E-state index contributed by atoms with van der Waals surface area (Å²) in [5.41, 5.74) is 4.46. The molecule has 25 heavy (non-hydrogen) atoms. The molecule has 3 aromatic rings. The van der Waals surface area contributed by atoms with Crippen molar-refractivity contribution < 1.29 is 18.3 Å². The first kappa shape index (κ1) is 17.2. The van der Waals surface area contributed by atoms with Crippen molar-refractivity contribution in [1.29, 1.82) is 0 Å². The summed E-state index contributed by atoms with van der Waals surface area (Å²) < 4.78 is 34.2. The van der Waals surface area contributed by atoms with Crippen LogP contribution in [-0.2, 0) is 4.74 Å². The second-order valence-corrected chi connectivity index (χ2v) is 5.73. The van der Waals surface area contributed by atoms with Crippen molar-refractivity contribution in [2.75, 3.05) is 12.3 Å². The maximum Gasteiger partial charge on any atom is 0.358 e. The first-order valence-electron chi connectivity index (χ1n) is 7.53. The lowest BCUT2D eigenvalue weighted by atomic mass is 10.1. The number of hydrogen-bond acceptors (Lipinski definition) is 4. The van der Waals surface area contributed by atoms with Crippen molar-refractivity contribution in [3.63, 3.8) is 0 Å². The molecule has 130 valence electrons. The molecule has 0 saturated heterocycles. The minimum atomic E-state index is -0.998. The van der Waals surface area contributed by atoms with E-state index in [1.807, 2.05) is 6.92 Å². The zero-order valence-electron chi connectivity index (χ0n) is 13.2. The second kappa shape index (κ2) is 6.68. The van der Waals surface area contributed by atoms with Gasteiger partial charge < -0.3 is 15.5 Å². The first-order valence-corrected chi connectivity index (χ1v) is 7.91. The Morgan fingerprint density at radius 2 is 2.08 bits per heavy atom. The molecule has 0 fully saturated rings. The summed E-state index contributed by atoms with van der Waals surface area (Å²) in [6, 6.07) is 4.65. The van der Waals surface area contributed by atoms with Crippen LogP contribution >= 0.6 is 11.6 Å². The summed E-state index contributed by atoms with van der Waals surface area (Å²) in [5, 5.41) is 0.259. The molecule has 3 rings (SSSR count). The van der Waals surface area contributed by atoms with E-state index in [0.717, 1.165) is 0 Å². The third-order valence-corrected chi connectivity index (χ3v) is 4.05. The Labute approximate surface area is 146 Å². The van der Waals surface area contributed by atoms with Gasteiger partial charge in [-0.05, 0) is 18.6 Å². The molecular formula is C17H14ClF2N3O2. The fourth-order valence-electron chi connectivity index (χ4n) is 2.41. The second-order valence-electron chi connectivity index (χ2n) is 5.36. The number of benzene rings is 1. The Morgan fingerprint density at radius 1 is 1.32 bits per heavy atom. The highest BCUT2D eigenvalue weighted by Gasteiger charge is 2.25. The maximum absolute atomic E-state index is 14.7. The minimum Gasteiger partial charge on any atom is -0.461 e. The normalized spacial score (nSPS) is 11.0. The van der Waals surface area contributed by atoms with Crippen LogP contribution in [-0.4, -0.2) is 22.5 Å². The number of anilines is 1. The molecule has 2 heterocycles. The number of hydrogen-bond donors (Lipinski definition) is 2. The molecule has 8 heteroatoms. The van der Waals surface area contributed by atoms with E-state index in [0.29, 0.717) is 11.8 Å². The topological polar surface area (TPSA) is 81.0 Å². The van der Waals surface area contributed by atoms with Crippen molar-refractivity contribution in [2.45, 2.75) is 13.3 Å². The molecule has 0 atom stereocenters. The number of fused-ring (bicyclic) bond motifs is 1. The van der Waals surface area contributed by atoms with Gasteiger partial charge in [0.05, 0.1) is 22.8 Å². The van der Waals surface area contributed by atoms with Gasteiger partial charge in [-0.2, -0.15) is 0 Å². The third-order valence-electron chi connectivity index (χ3n) is 3.66. The predicted octanol–water partition coefficient (Wildman–Crippen LogP) is 4.31. The molecule has 0 aliphatic carbocycles. The van der Waals surface area contributed by atoms with Gasteiger partial charge in [0.2, 0.25) is 0 Å². The molecule has 0 aliphatic heterocycles. The molecule has 1 aromatic carbocycles. The van der Waals surface area contributed by atoms with E-state index in [1.165, 1.54) is 6.07 Å². The molecule has 0 aliphatic rings. The fraction of sp³-hybridized carbons (Fsp3) is 0.176. The van der Waals surface area contributed by atoms with E-state index >= 15 is 0 Å². The summed E-state index contributed by atoms with van der Waals surface area (Å²) in [6.07, 6.45) is 2.15.